The molecule has 0 aromatic carbocycles. The van der Waals surface area contributed by atoms with E-state index in [1.807, 2.05) is 14.0 Å². The number of anilines is 2. The summed E-state index contributed by atoms with van der Waals surface area (Å²) in [6.45, 7) is 4.52. The molecule has 2 aromatic rings. The van der Waals surface area contributed by atoms with Crippen LogP contribution in [-0.4, -0.2) is 57.6 Å². The third-order valence-electron chi connectivity index (χ3n) is 5.19. The van der Waals surface area contributed by atoms with E-state index >= 15 is 0 Å². The van der Waals surface area contributed by atoms with Crippen molar-refractivity contribution in [2.45, 2.75) is 25.9 Å². The second kappa shape index (κ2) is 5.22. The van der Waals surface area contributed by atoms with Crippen LogP contribution in [0.4, 0.5) is 15.9 Å². The van der Waals surface area contributed by atoms with Crippen molar-refractivity contribution >= 4 is 28.4 Å². The molecule has 8 nitrogen and oxygen atoms in total. The molecule has 1 N–H and O–H groups in total. The number of aromatic nitrogens is 3. The summed E-state index contributed by atoms with van der Waals surface area (Å²) in [5.74, 6) is -0.579. The molecular weight excluding hydrogens is 327 g/mol. The Bertz CT molecular complexity index is 971. The number of amides is 1. The molecular formula is C16H19FN6O2. The average Bonchev–Trinajstić information content (AvgIpc) is 2.67. The Morgan fingerprint density at radius 1 is 1.20 bits per heavy atom. The molecule has 132 valence electrons. The molecule has 2 aliphatic rings. The minimum atomic E-state index is -0.594. The number of hydrogen-bond acceptors (Lipinski definition) is 6. The summed E-state index contributed by atoms with van der Waals surface area (Å²) in [4.78, 5) is 37.4. The van der Waals surface area contributed by atoms with Crippen molar-refractivity contribution in [2.24, 2.45) is 7.05 Å². The number of rotatable bonds is 0. The zero-order valence-corrected chi connectivity index (χ0v) is 14.5. The Balaban J connectivity index is 2.09. The summed E-state index contributed by atoms with van der Waals surface area (Å²) >= 11 is 0. The topological polar surface area (TPSA) is 83.4 Å². The van der Waals surface area contributed by atoms with Crippen LogP contribution in [0.3, 0.4) is 0 Å². The lowest BCUT2D eigenvalue weighted by Crippen LogP contribution is -2.60. The van der Waals surface area contributed by atoms with Crippen LogP contribution >= 0.6 is 0 Å². The van der Waals surface area contributed by atoms with E-state index in [4.69, 9.17) is 0 Å². The number of nitrogens with zero attached hydrogens (tertiary/aromatic N) is 5. The molecule has 1 saturated heterocycles. The van der Waals surface area contributed by atoms with Gasteiger partial charge in [-0.05, 0) is 20.9 Å². The third-order valence-corrected chi connectivity index (χ3v) is 5.19. The Morgan fingerprint density at radius 2 is 1.92 bits per heavy atom. The van der Waals surface area contributed by atoms with Gasteiger partial charge in [-0.15, -0.1) is 0 Å². The summed E-state index contributed by atoms with van der Waals surface area (Å²) < 4.78 is 16.0. The van der Waals surface area contributed by atoms with Gasteiger partial charge >= 0.3 is 5.69 Å². The Labute approximate surface area is 143 Å². The van der Waals surface area contributed by atoms with Gasteiger partial charge < -0.3 is 10.2 Å². The summed E-state index contributed by atoms with van der Waals surface area (Å²) in [5, 5.41) is 3.07. The Hall–Kier alpha value is -2.55. The van der Waals surface area contributed by atoms with Gasteiger partial charge in [0.05, 0.1) is 16.8 Å². The normalized spacial score (nSPS) is 23.4. The van der Waals surface area contributed by atoms with Crippen LogP contribution in [0.15, 0.2) is 4.79 Å². The van der Waals surface area contributed by atoms with Gasteiger partial charge in [-0.25, -0.2) is 14.2 Å². The van der Waals surface area contributed by atoms with Crippen molar-refractivity contribution in [1.82, 2.24) is 19.4 Å². The highest BCUT2D eigenvalue weighted by atomic mass is 19.1. The maximum Gasteiger partial charge on any atom is 0.350 e. The number of piperazine rings is 1. The number of hydrogen-bond donors (Lipinski definition) is 1. The maximum atomic E-state index is 14.7. The molecule has 2 unspecified atom stereocenters. The van der Waals surface area contributed by atoms with E-state index in [1.54, 1.807) is 11.9 Å². The SMILES string of the molecule is Cc1nc2c3c(nc(=O)n2C)N2CC(C)N(C)CC2C(=O)Nc3c1F. The number of fused-ring (bicyclic) bond motifs is 2. The maximum absolute atomic E-state index is 14.7. The molecule has 4 rings (SSSR count). The first-order valence-corrected chi connectivity index (χ1v) is 8.14. The van der Waals surface area contributed by atoms with Crippen LogP contribution in [-0.2, 0) is 11.8 Å². The molecule has 1 fully saturated rings. The van der Waals surface area contributed by atoms with Crippen molar-refractivity contribution in [3.63, 3.8) is 0 Å². The van der Waals surface area contributed by atoms with Crippen LogP contribution in [0, 0.1) is 12.7 Å². The average molecular weight is 346 g/mol. The van der Waals surface area contributed by atoms with Crippen LogP contribution in [0.25, 0.3) is 11.0 Å². The first-order chi connectivity index (χ1) is 11.8. The first-order valence-electron chi connectivity index (χ1n) is 8.14. The van der Waals surface area contributed by atoms with E-state index < -0.39 is 17.5 Å². The van der Waals surface area contributed by atoms with Gasteiger partial charge in [-0.3, -0.25) is 14.3 Å². The molecule has 0 aliphatic carbocycles. The monoisotopic (exact) mass is 346 g/mol. The van der Waals surface area contributed by atoms with Gasteiger partial charge in [0.1, 0.15) is 17.5 Å². The van der Waals surface area contributed by atoms with E-state index in [-0.39, 0.29) is 23.3 Å². The van der Waals surface area contributed by atoms with Gasteiger partial charge in [0.15, 0.2) is 5.82 Å². The number of pyridine rings is 1. The smallest absolute Gasteiger partial charge is 0.341 e. The van der Waals surface area contributed by atoms with Crippen LogP contribution < -0.4 is 15.9 Å². The van der Waals surface area contributed by atoms with Gasteiger partial charge in [0, 0.05) is 26.2 Å². The third kappa shape index (κ3) is 2.15. The minimum Gasteiger partial charge on any atom is -0.341 e. The van der Waals surface area contributed by atoms with E-state index in [1.165, 1.54) is 11.5 Å². The number of carbonyl (C=O) groups excluding carboxylic acids is 1. The quantitative estimate of drug-likeness (QED) is 0.736. The van der Waals surface area contributed by atoms with Crippen LogP contribution in [0.1, 0.15) is 12.6 Å². The van der Waals surface area contributed by atoms with Gasteiger partial charge in [-0.2, -0.15) is 4.98 Å². The van der Waals surface area contributed by atoms with Crippen molar-refractivity contribution in [3.8, 4) is 0 Å². The highest BCUT2D eigenvalue weighted by Crippen LogP contribution is 2.37. The molecule has 2 aliphatic heterocycles. The molecule has 4 heterocycles. The fourth-order valence-electron chi connectivity index (χ4n) is 3.53. The lowest BCUT2D eigenvalue weighted by molar-refractivity contribution is -0.118. The summed E-state index contributed by atoms with van der Waals surface area (Å²) in [7, 11) is 3.48. The van der Waals surface area contributed by atoms with Crippen molar-refractivity contribution < 1.29 is 9.18 Å². The second-order valence-electron chi connectivity index (χ2n) is 6.81. The highest BCUT2D eigenvalue weighted by Gasteiger charge is 2.40. The predicted octanol–water partition coefficient (Wildman–Crippen LogP) is 0.237. The highest BCUT2D eigenvalue weighted by molar-refractivity contribution is 6.10. The number of carbonyl (C=O) groups is 1. The minimum absolute atomic E-state index is 0.0512. The number of aryl methyl sites for hydroxylation is 2. The van der Waals surface area contributed by atoms with Crippen molar-refractivity contribution in [1.29, 1.82) is 0 Å². The van der Waals surface area contributed by atoms with E-state index in [0.29, 0.717) is 29.9 Å². The Morgan fingerprint density at radius 3 is 2.64 bits per heavy atom. The van der Waals surface area contributed by atoms with E-state index in [0.717, 1.165) is 0 Å². The summed E-state index contributed by atoms with van der Waals surface area (Å²) in [6, 6.07) is -0.383. The van der Waals surface area contributed by atoms with E-state index in [9.17, 15) is 14.0 Å². The van der Waals surface area contributed by atoms with Gasteiger partial charge in [0.2, 0.25) is 5.91 Å². The predicted molar refractivity (Wildman–Crippen MR) is 91.3 cm³/mol. The molecule has 0 spiro atoms. The van der Waals surface area contributed by atoms with E-state index in [2.05, 4.69) is 20.2 Å². The molecule has 2 atom stereocenters. The fraction of sp³-hybridized carbons (Fsp3) is 0.500. The summed E-state index contributed by atoms with van der Waals surface area (Å²) in [6.07, 6.45) is 0. The molecule has 25 heavy (non-hydrogen) atoms. The standard InChI is InChI=1S/C16H19FN6O2/c1-7-5-23-9(6-21(7)3)15(24)19-12-10-13(18-8(2)11(12)17)22(4)16(25)20-14(10)23/h7,9H,5-6H2,1-4H3,(H,19,24). The molecule has 2 aromatic heterocycles. The molecule has 0 radical (unpaired) electrons. The fourth-order valence-corrected chi connectivity index (χ4v) is 3.53. The van der Waals surface area contributed by atoms with Crippen LogP contribution in [0.5, 0.6) is 0 Å². The van der Waals surface area contributed by atoms with Gasteiger partial charge in [0.25, 0.3) is 0 Å². The van der Waals surface area contributed by atoms with Crippen molar-refractivity contribution in [2.75, 3.05) is 30.4 Å². The Kier molecular flexibility index (Phi) is 3.33. The second-order valence-corrected chi connectivity index (χ2v) is 6.81. The summed E-state index contributed by atoms with van der Waals surface area (Å²) in [5.41, 5.74) is 0.0127. The molecule has 9 heteroatoms. The first kappa shape index (κ1) is 15.9. The van der Waals surface area contributed by atoms with Crippen LogP contribution in [0.2, 0.25) is 0 Å². The lowest BCUT2D eigenvalue weighted by atomic mass is 10.1. The largest absolute Gasteiger partial charge is 0.350 e. The zero-order valence-electron chi connectivity index (χ0n) is 14.5. The number of halogens is 1. The molecule has 1 amide bonds. The molecule has 0 bridgehead atoms. The number of likely N-dealkylation sites (N-methyl/N-ethyl adjacent to an activating group) is 1. The van der Waals surface area contributed by atoms with Crippen molar-refractivity contribution in [3.05, 3.63) is 22.0 Å². The number of nitrogens with one attached hydrogen (secondary N) is 1. The van der Waals surface area contributed by atoms with Gasteiger partial charge in [-0.1, -0.05) is 0 Å². The zero-order chi connectivity index (χ0) is 18.0. The lowest BCUT2D eigenvalue weighted by Gasteiger charge is -2.42. The molecule has 0 saturated carbocycles.